The fourth-order valence-corrected chi connectivity index (χ4v) is 4.69. The van der Waals surface area contributed by atoms with Gasteiger partial charge in [0.25, 0.3) is 0 Å². The van der Waals surface area contributed by atoms with Crippen LogP contribution in [0.4, 0.5) is 17.6 Å². The summed E-state index contributed by atoms with van der Waals surface area (Å²) in [6, 6.07) is 20.6. The first-order valence-corrected chi connectivity index (χ1v) is 11.2. The Hall–Kier alpha value is -3.42. The van der Waals surface area contributed by atoms with E-state index in [4.69, 9.17) is 0 Å². The molecule has 0 bridgehead atoms. The second kappa shape index (κ2) is 9.80. The van der Waals surface area contributed by atoms with E-state index >= 15 is 0 Å². The summed E-state index contributed by atoms with van der Waals surface area (Å²) < 4.78 is 53.0. The van der Waals surface area contributed by atoms with Crippen molar-refractivity contribution in [1.29, 1.82) is 0 Å². The predicted octanol–water partition coefficient (Wildman–Crippen LogP) is 6.03. The van der Waals surface area contributed by atoms with Gasteiger partial charge in [-0.05, 0) is 51.3 Å². The summed E-state index contributed by atoms with van der Waals surface area (Å²) in [7, 11) is 1.73. The molecule has 0 amide bonds. The van der Waals surface area contributed by atoms with Crippen LogP contribution in [-0.2, 0) is 38.7 Å². The quantitative estimate of drug-likeness (QED) is 0.124. The predicted molar refractivity (Wildman–Crippen MR) is 127 cm³/mol. The Kier molecular flexibility index (Phi) is 7.06. The minimum absolute atomic E-state index is 0. The molecule has 0 fully saturated rings. The van der Waals surface area contributed by atoms with Crippen LogP contribution >= 0.6 is 0 Å². The first kappa shape index (κ1) is 26.6. The number of aryl methyl sites for hydroxylation is 1. The third-order valence-electron chi connectivity index (χ3n) is 6.42. The topological polar surface area (TPSA) is 43.8 Å². The molecule has 0 spiro atoms. The molecule has 6 rings (SSSR count). The van der Waals surface area contributed by atoms with E-state index in [-0.39, 0.29) is 37.0 Å². The standard InChI is InChI=1S/C18H13FN.C10H8F3N3.Ir/c1-18(2)13-7-3-5-11-9-10-20-17(15(11)13)12-6-4-8-14(19)16(12)18;1-16-5-3-2-4-8(16)7-6-9(15-14-7)10(11,12)13;/h3-5,7-10H,1-2H3;2-6H,1H3;/q-1;;. The van der Waals surface area contributed by atoms with E-state index in [0.717, 1.165) is 33.7 Å². The number of nitrogens with zero attached hydrogens (tertiary/aromatic N) is 4. The van der Waals surface area contributed by atoms with Gasteiger partial charge in [0.15, 0.2) is 11.9 Å². The molecule has 0 atom stereocenters. The van der Waals surface area contributed by atoms with Gasteiger partial charge in [0.1, 0.15) is 12.7 Å². The van der Waals surface area contributed by atoms with Crippen molar-refractivity contribution in [3.63, 3.8) is 0 Å². The van der Waals surface area contributed by atoms with Gasteiger partial charge < -0.3 is 15.2 Å². The van der Waals surface area contributed by atoms with Crippen molar-refractivity contribution in [1.82, 2.24) is 15.2 Å². The van der Waals surface area contributed by atoms with Gasteiger partial charge in [-0.3, -0.25) is 0 Å². The molecule has 1 aliphatic rings. The van der Waals surface area contributed by atoms with E-state index in [1.807, 2.05) is 12.1 Å². The van der Waals surface area contributed by atoms with Crippen molar-refractivity contribution in [2.24, 2.45) is 7.05 Å². The Balaban J connectivity index is 0.000000173. The zero-order chi connectivity index (χ0) is 25.7. The van der Waals surface area contributed by atoms with Crippen LogP contribution in [0, 0.1) is 11.9 Å². The Morgan fingerprint density at radius 3 is 2.51 bits per heavy atom. The minimum atomic E-state index is -4.45. The fraction of sp³-hybridized carbons (Fsp3) is 0.179. The number of fused-ring (bicyclic) bond motifs is 2. The molecule has 5 aromatic rings. The van der Waals surface area contributed by atoms with Crippen LogP contribution in [0.1, 0.15) is 30.7 Å². The van der Waals surface area contributed by atoms with E-state index < -0.39 is 11.9 Å². The molecule has 0 unspecified atom stereocenters. The van der Waals surface area contributed by atoms with Gasteiger partial charge in [0.05, 0.1) is 0 Å². The van der Waals surface area contributed by atoms with Crippen molar-refractivity contribution in [2.75, 3.05) is 0 Å². The second-order valence-corrected chi connectivity index (χ2v) is 9.07. The SMILES string of the molecule is CC1(C)c2c([c-]ccc2F)-c2nccc3cccc1c23.C[n+]1ccccc1-c1cc(C(F)(F)F)n[n-]1.[Ir]. The summed E-state index contributed by atoms with van der Waals surface area (Å²) in [6.45, 7) is 4.13. The first-order valence-electron chi connectivity index (χ1n) is 11.2. The number of rotatable bonds is 1. The molecule has 0 saturated heterocycles. The maximum Gasteiger partial charge on any atom is 0.431 e. The normalized spacial score (nSPS) is 13.3. The Morgan fingerprint density at radius 1 is 1.03 bits per heavy atom. The smallest absolute Gasteiger partial charge is 0.431 e. The number of benzene rings is 2. The van der Waals surface area contributed by atoms with Crippen LogP contribution in [0.25, 0.3) is 33.4 Å². The van der Waals surface area contributed by atoms with Gasteiger partial charge >= 0.3 is 6.18 Å². The zero-order valence-corrected chi connectivity index (χ0v) is 22.5. The average Bonchev–Trinajstić information content (AvgIpc) is 3.34. The number of halogens is 4. The van der Waals surface area contributed by atoms with Crippen molar-refractivity contribution in [2.45, 2.75) is 25.4 Å². The van der Waals surface area contributed by atoms with Crippen molar-refractivity contribution < 1.29 is 42.2 Å². The maximum absolute atomic E-state index is 14.4. The zero-order valence-electron chi connectivity index (χ0n) is 20.1. The van der Waals surface area contributed by atoms with Crippen molar-refractivity contribution in [3.05, 3.63) is 102 Å². The third kappa shape index (κ3) is 4.69. The molecule has 1 radical (unpaired) electrons. The van der Waals surface area contributed by atoms with Crippen LogP contribution < -0.4 is 9.67 Å². The maximum atomic E-state index is 14.4. The molecule has 3 aromatic heterocycles. The van der Waals surface area contributed by atoms with Gasteiger partial charge in [0, 0.05) is 44.3 Å². The second-order valence-electron chi connectivity index (χ2n) is 9.07. The molecule has 9 heteroatoms. The van der Waals surface area contributed by atoms with Crippen LogP contribution in [-0.4, -0.2) is 10.1 Å². The summed E-state index contributed by atoms with van der Waals surface area (Å²) >= 11 is 0. The Morgan fingerprint density at radius 2 is 1.81 bits per heavy atom. The fourth-order valence-electron chi connectivity index (χ4n) is 4.69. The molecular weight excluding hydrogens is 661 g/mol. The summed E-state index contributed by atoms with van der Waals surface area (Å²) in [5, 5.41) is 8.90. The van der Waals surface area contributed by atoms with Crippen LogP contribution in [0.2, 0.25) is 0 Å². The molecule has 191 valence electrons. The van der Waals surface area contributed by atoms with Crippen molar-refractivity contribution in [3.8, 4) is 22.6 Å². The van der Waals surface area contributed by atoms with E-state index in [0.29, 0.717) is 11.3 Å². The van der Waals surface area contributed by atoms with Crippen LogP contribution in [0.5, 0.6) is 0 Å². The van der Waals surface area contributed by atoms with E-state index in [2.05, 4.69) is 47.2 Å². The van der Waals surface area contributed by atoms with Crippen LogP contribution in [0.15, 0.2) is 73.1 Å². The number of alkyl halides is 3. The molecule has 3 heterocycles. The van der Waals surface area contributed by atoms with Gasteiger partial charge in [-0.1, -0.05) is 37.6 Å². The summed E-state index contributed by atoms with van der Waals surface area (Å²) in [4.78, 5) is 4.49. The minimum Gasteiger partial charge on any atom is -0.570 e. The molecule has 37 heavy (non-hydrogen) atoms. The number of pyridine rings is 2. The largest absolute Gasteiger partial charge is 0.570 e. The van der Waals surface area contributed by atoms with Gasteiger partial charge in [-0.15, -0.1) is 23.8 Å². The Labute approximate surface area is 224 Å². The Bertz CT molecular complexity index is 1590. The summed E-state index contributed by atoms with van der Waals surface area (Å²) in [5.74, 6) is -0.183. The van der Waals surface area contributed by atoms with Gasteiger partial charge in [-0.2, -0.15) is 13.2 Å². The van der Waals surface area contributed by atoms with Crippen LogP contribution in [0.3, 0.4) is 0 Å². The number of aromatic nitrogens is 4. The molecule has 0 aliphatic heterocycles. The number of hydrogen-bond acceptors (Lipinski definition) is 2. The molecule has 2 aromatic carbocycles. The molecule has 4 nitrogen and oxygen atoms in total. The average molecular weight is 682 g/mol. The number of hydrogen-bond donors (Lipinski definition) is 0. The van der Waals surface area contributed by atoms with E-state index in [1.165, 1.54) is 6.07 Å². The summed E-state index contributed by atoms with van der Waals surface area (Å²) in [6.07, 6.45) is -0.932. The van der Waals surface area contributed by atoms with E-state index in [1.54, 1.807) is 48.3 Å². The molecular formula is C28H21F4IrN4-. The van der Waals surface area contributed by atoms with Gasteiger partial charge in [-0.25, -0.2) is 8.96 Å². The van der Waals surface area contributed by atoms with Crippen molar-refractivity contribution >= 4 is 10.8 Å². The molecule has 1 aliphatic carbocycles. The third-order valence-corrected chi connectivity index (χ3v) is 6.42. The molecule has 0 saturated carbocycles. The van der Waals surface area contributed by atoms with Gasteiger partial charge in [0.2, 0.25) is 0 Å². The monoisotopic (exact) mass is 682 g/mol. The van der Waals surface area contributed by atoms with E-state index in [9.17, 15) is 17.6 Å². The molecule has 0 N–H and O–H groups in total. The first-order chi connectivity index (χ1) is 17.1. The summed E-state index contributed by atoms with van der Waals surface area (Å²) in [5.41, 5.74) is 2.91.